The Bertz CT molecular complexity index is 1180. The molecular formula is C27H33N5O3. The highest BCUT2D eigenvalue weighted by Gasteiger charge is 2.33. The number of anilines is 2. The quantitative estimate of drug-likeness (QED) is 0.539. The lowest BCUT2D eigenvalue weighted by atomic mass is 9.96. The van der Waals surface area contributed by atoms with E-state index >= 15 is 0 Å². The number of hydrogen-bond acceptors (Lipinski definition) is 7. The number of para-hydroxylation sites is 4. The molecule has 35 heavy (non-hydrogen) atoms. The number of carbonyl (C=O) groups is 1. The number of rotatable bonds is 6. The number of aromatic nitrogens is 2. The third kappa shape index (κ3) is 4.83. The molecule has 2 aromatic carbocycles. The van der Waals surface area contributed by atoms with Gasteiger partial charge in [0.2, 0.25) is 5.91 Å². The summed E-state index contributed by atoms with van der Waals surface area (Å²) in [6.45, 7) is 6.98. The maximum Gasteiger partial charge on any atom is 0.258 e. The fourth-order valence-electron chi connectivity index (χ4n) is 5.10. The summed E-state index contributed by atoms with van der Waals surface area (Å²) >= 11 is 0. The Morgan fingerprint density at radius 2 is 1.66 bits per heavy atom. The van der Waals surface area contributed by atoms with Crippen LogP contribution in [0, 0.1) is 5.92 Å². The number of hydrogen-bond donors (Lipinski definition) is 0. The van der Waals surface area contributed by atoms with Crippen molar-refractivity contribution in [3.05, 3.63) is 48.5 Å². The van der Waals surface area contributed by atoms with Gasteiger partial charge in [0.1, 0.15) is 5.75 Å². The van der Waals surface area contributed by atoms with Gasteiger partial charge in [-0.2, -0.15) is 0 Å². The van der Waals surface area contributed by atoms with Gasteiger partial charge in [0.05, 0.1) is 36.4 Å². The Morgan fingerprint density at radius 3 is 2.40 bits per heavy atom. The molecule has 0 N–H and O–H groups in total. The number of methoxy groups -OCH3 is 1. The van der Waals surface area contributed by atoms with Crippen molar-refractivity contribution in [2.75, 3.05) is 62.8 Å². The molecule has 8 nitrogen and oxygen atoms in total. The van der Waals surface area contributed by atoms with Gasteiger partial charge in [-0.1, -0.05) is 24.3 Å². The molecule has 1 aromatic heterocycles. The number of ether oxygens (including phenoxy) is 2. The molecule has 2 fully saturated rings. The first-order chi connectivity index (χ1) is 17.2. The minimum atomic E-state index is -0.0516. The Kier molecular flexibility index (Phi) is 6.88. The Hall–Kier alpha value is -3.55. The van der Waals surface area contributed by atoms with Crippen molar-refractivity contribution in [3.63, 3.8) is 0 Å². The second kappa shape index (κ2) is 10.4. The monoisotopic (exact) mass is 475 g/mol. The second-order valence-electron chi connectivity index (χ2n) is 9.04. The van der Waals surface area contributed by atoms with Crippen LogP contribution in [0.2, 0.25) is 0 Å². The predicted octanol–water partition coefficient (Wildman–Crippen LogP) is 3.60. The van der Waals surface area contributed by atoms with Crippen LogP contribution in [0.4, 0.5) is 11.5 Å². The van der Waals surface area contributed by atoms with Crippen molar-refractivity contribution < 1.29 is 14.3 Å². The normalized spacial score (nSPS) is 18.6. The SMILES string of the molecule is CCOc1nc2ccccc2nc1N1CCCC(C(=O)N2CCN(c3ccccc3OC)CC2)C1. The smallest absolute Gasteiger partial charge is 0.258 e. The Morgan fingerprint density at radius 1 is 0.943 bits per heavy atom. The van der Waals surface area contributed by atoms with E-state index in [0.29, 0.717) is 32.1 Å². The van der Waals surface area contributed by atoms with E-state index < -0.39 is 0 Å². The highest BCUT2D eigenvalue weighted by Crippen LogP contribution is 2.32. The number of piperazine rings is 1. The van der Waals surface area contributed by atoms with Gasteiger partial charge in [-0.05, 0) is 44.0 Å². The minimum Gasteiger partial charge on any atom is -0.495 e. The molecule has 2 aliphatic heterocycles. The van der Waals surface area contributed by atoms with Crippen molar-refractivity contribution in [2.24, 2.45) is 5.92 Å². The van der Waals surface area contributed by atoms with E-state index in [9.17, 15) is 4.79 Å². The van der Waals surface area contributed by atoms with E-state index in [0.717, 1.165) is 60.8 Å². The van der Waals surface area contributed by atoms with E-state index in [4.69, 9.17) is 19.4 Å². The summed E-state index contributed by atoms with van der Waals surface area (Å²) in [5.74, 6) is 2.34. The molecule has 0 spiro atoms. The lowest BCUT2D eigenvalue weighted by Crippen LogP contribution is -2.52. The largest absolute Gasteiger partial charge is 0.495 e. The van der Waals surface area contributed by atoms with Crippen molar-refractivity contribution in [1.82, 2.24) is 14.9 Å². The summed E-state index contributed by atoms with van der Waals surface area (Å²) in [4.78, 5) is 29.6. The van der Waals surface area contributed by atoms with Crippen LogP contribution < -0.4 is 19.3 Å². The van der Waals surface area contributed by atoms with Gasteiger partial charge in [0.25, 0.3) is 5.88 Å². The molecule has 0 radical (unpaired) electrons. The van der Waals surface area contributed by atoms with Gasteiger partial charge >= 0.3 is 0 Å². The van der Waals surface area contributed by atoms with Crippen LogP contribution >= 0.6 is 0 Å². The number of benzene rings is 2. The average molecular weight is 476 g/mol. The molecule has 1 amide bonds. The maximum absolute atomic E-state index is 13.5. The highest BCUT2D eigenvalue weighted by molar-refractivity contribution is 5.81. The van der Waals surface area contributed by atoms with E-state index in [1.54, 1.807) is 7.11 Å². The van der Waals surface area contributed by atoms with Crippen LogP contribution in [0.25, 0.3) is 11.0 Å². The zero-order valence-electron chi connectivity index (χ0n) is 20.5. The molecule has 5 rings (SSSR count). The van der Waals surface area contributed by atoms with Crippen molar-refractivity contribution >= 4 is 28.4 Å². The van der Waals surface area contributed by atoms with Gasteiger partial charge in [0, 0.05) is 39.3 Å². The molecule has 0 bridgehead atoms. The van der Waals surface area contributed by atoms with E-state index in [1.165, 1.54) is 0 Å². The van der Waals surface area contributed by atoms with Gasteiger partial charge in [0.15, 0.2) is 5.82 Å². The number of piperidine rings is 1. The Balaban J connectivity index is 1.27. The van der Waals surface area contributed by atoms with Crippen molar-refractivity contribution in [2.45, 2.75) is 19.8 Å². The lowest BCUT2D eigenvalue weighted by Gasteiger charge is -2.40. The van der Waals surface area contributed by atoms with Gasteiger partial charge in [-0.25, -0.2) is 9.97 Å². The second-order valence-corrected chi connectivity index (χ2v) is 9.04. The molecule has 1 unspecified atom stereocenters. The highest BCUT2D eigenvalue weighted by atomic mass is 16.5. The van der Waals surface area contributed by atoms with Crippen LogP contribution in [0.3, 0.4) is 0 Å². The summed E-state index contributed by atoms with van der Waals surface area (Å²) in [5.41, 5.74) is 2.74. The zero-order chi connectivity index (χ0) is 24.2. The van der Waals surface area contributed by atoms with Crippen molar-refractivity contribution in [3.8, 4) is 11.6 Å². The number of carbonyl (C=O) groups excluding carboxylic acids is 1. The minimum absolute atomic E-state index is 0.0516. The predicted molar refractivity (Wildman–Crippen MR) is 137 cm³/mol. The lowest BCUT2D eigenvalue weighted by molar-refractivity contribution is -0.136. The van der Waals surface area contributed by atoms with Gasteiger partial charge < -0.3 is 24.2 Å². The van der Waals surface area contributed by atoms with Crippen LogP contribution in [0.15, 0.2) is 48.5 Å². The molecule has 2 saturated heterocycles. The number of nitrogens with zero attached hydrogens (tertiary/aromatic N) is 5. The average Bonchev–Trinajstić information content (AvgIpc) is 2.92. The first-order valence-corrected chi connectivity index (χ1v) is 12.5. The molecule has 0 aliphatic carbocycles. The molecule has 8 heteroatoms. The molecule has 3 heterocycles. The third-order valence-corrected chi connectivity index (χ3v) is 6.89. The Labute approximate surface area is 206 Å². The molecule has 1 atom stereocenters. The van der Waals surface area contributed by atoms with Gasteiger partial charge in [-0.15, -0.1) is 0 Å². The molecule has 3 aromatic rings. The van der Waals surface area contributed by atoms with Crippen LogP contribution in [-0.2, 0) is 4.79 Å². The summed E-state index contributed by atoms with van der Waals surface area (Å²) < 4.78 is 11.4. The topological polar surface area (TPSA) is 71.0 Å². The first-order valence-electron chi connectivity index (χ1n) is 12.5. The van der Waals surface area contributed by atoms with E-state index in [-0.39, 0.29) is 11.8 Å². The summed E-state index contributed by atoms with van der Waals surface area (Å²) in [7, 11) is 1.70. The molecular weight excluding hydrogens is 442 g/mol. The summed E-state index contributed by atoms with van der Waals surface area (Å²) in [5, 5.41) is 0. The molecule has 0 saturated carbocycles. The number of amides is 1. The third-order valence-electron chi connectivity index (χ3n) is 6.89. The summed E-state index contributed by atoms with van der Waals surface area (Å²) in [6, 6.07) is 15.9. The standard InChI is InChI=1S/C27H33N5O3/c1-3-35-26-25(28-21-10-4-5-11-22(21)29-26)32-14-8-9-20(19-32)27(33)31-17-15-30(16-18-31)23-12-6-7-13-24(23)34-2/h4-7,10-13,20H,3,8-9,14-19H2,1-2H3. The van der Waals surface area contributed by atoms with Gasteiger partial charge in [-0.3, -0.25) is 4.79 Å². The van der Waals surface area contributed by atoms with Crippen LogP contribution in [0.1, 0.15) is 19.8 Å². The first kappa shape index (κ1) is 23.2. The van der Waals surface area contributed by atoms with E-state index in [2.05, 4.69) is 15.9 Å². The molecule has 184 valence electrons. The van der Waals surface area contributed by atoms with Crippen LogP contribution in [-0.4, -0.2) is 73.8 Å². The van der Waals surface area contributed by atoms with Crippen molar-refractivity contribution in [1.29, 1.82) is 0 Å². The fraction of sp³-hybridized carbons (Fsp3) is 0.444. The molecule has 2 aliphatic rings. The maximum atomic E-state index is 13.5. The van der Waals surface area contributed by atoms with E-state index in [1.807, 2.05) is 54.3 Å². The van der Waals surface area contributed by atoms with Crippen LogP contribution in [0.5, 0.6) is 11.6 Å². The summed E-state index contributed by atoms with van der Waals surface area (Å²) in [6.07, 6.45) is 1.84. The fourth-order valence-corrected chi connectivity index (χ4v) is 5.10. The number of fused-ring (bicyclic) bond motifs is 1. The zero-order valence-corrected chi connectivity index (χ0v) is 20.5.